The number of amides is 2. The number of likely N-dealkylation sites (tertiary alicyclic amines) is 2. The van der Waals surface area contributed by atoms with Gasteiger partial charge in [-0.15, -0.1) is 0 Å². The summed E-state index contributed by atoms with van der Waals surface area (Å²) in [7, 11) is 0.0635. The van der Waals surface area contributed by atoms with Crippen molar-refractivity contribution in [3.05, 3.63) is 53.1 Å². The van der Waals surface area contributed by atoms with Crippen molar-refractivity contribution >= 4 is 32.7 Å². The third-order valence-electron chi connectivity index (χ3n) is 13.4. The summed E-state index contributed by atoms with van der Waals surface area (Å²) in [6.45, 7) is 8.36. The minimum absolute atomic E-state index is 0.0255. The zero-order valence-electron chi connectivity index (χ0n) is 29.6. The summed E-state index contributed by atoms with van der Waals surface area (Å²) < 4.78 is 41.9. The molecule has 1 N–H and O–H groups in total. The third-order valence-corrected chi connectivity index (χ3v) is 15.1. The lowest BCUT2D eigenvalue weighted by molar-refractivity contribution is -0.138. The number of hydrogen-bond acceptors (Lipinski definition) is 7. The van der Waals surface area contributed by atoms with Crippen LogP contribution >= 0.6 is 0 Å². The average molecular weight is 701 g/mol. The summed E-state index contributed by atoms with van der Waals surface area (Å²) in [5.74, 6) is 0.775. The maximum Gasteiger partial charge on any atom is 0.264 e. The molecule has 5 heterocycles. The number of nitrogens with zero attached hydrogens (tertiary/aromatic N) is 3. The lowest BCUT2D eigenvalue weighted by Gasteiger charge is -2.29. The molecule has 6 aliphatic rings. The predicted octanol–water partition coefficient (Wildman–Crippen LogP) is 5.11. The standard InChI is InChI=1S/C39H48N4O6S/c1-24(2)50(46,47)40-35(44)26-10-12-29-32(14-26)43-21-39(36(45)42-19-37-17-41(3)18-38(37,20-42)23-49-22-37)16-31(39)30-15-27(48-4)11-13-28(30)34(43)33(29)25-8-6-5-7-9-25/h10-15,24-25,31H,5-9,16-23H2,1-4H3,(H,40,44)/t31-,37?,38?,39?/m0/s1. The van der Waals surface area contributed by atoms with Crippen molar-refractivity contribution in [2.45, 2.75) is 76.0 Å². The number of methoxy groups -OCH3 is 1. The Morgan fingerprint density at radius 3 is 2.36 bits per heavy atom. The summed E-state index contributed by atoms with van der Waals surface area (Å²) in [5.41, 5.74) is 5.23. The van der Waals surface area contributed by atoms with Crippen LogP contribution in [0.4, 0.5) is 0 Å². The minimum atomic E-state index is -3.81. The molecule has 9 rings (SSSR count). The molecule has 11 heteroatoms. The van der Waals surface area contributed by atoms with E-state index in [-0.39, 0.29) is 22.7 Å². The number of carbonyl (C=O) groups is 2. The molecule has 4 aliphatic heterocycles. The maximum absolute atomic E-state index is 15.2. The Morgan fingerprint density at radius 2 is 1.68 bits per heavy atom. The molecule has 2 saturated carbocycles. The molecule has 3 saturated heterocycles. The summed E-state index contributed by atoms with van der Waals surface area (Å²) in [4.78, 5) is 33.2. The number of rotatable bonds is 6. The van der Waals surface area contributed by atoms with E-state index in [4.69, 9.17) is 9.47 Å². The van der Waals surface area contributed by atoms with Crippen molar-refractivity contribution in [2.24, 2.45) is 16.2 Å². The third kappa shape index (κ3) is 4.54. The van der Waals surface area contributed by atoms with Crippen molar-refractivity contribution in [1.29, 1.82) is 0 Å². The maximum atomic E-state index is 15.2. The number of ether oxygens (including phenoxy) is 2. The Labute approximate surface area is 294 Å². The molecule has 2 aromatic carbocycles. The van der Waals surface area contributed by atoms with Gasteiger partial charge in [-0.2, -0.15) is 0 Å². The van der Waals surface area contributed by atoms with Gasteiger partial charge in [-0.1, -0.05) is 25.3 Å². The quantitative estimate of drug-likeness (QED) is 0.381. The molecule has 0 bridgehead atoms. The molecule has 0 spiro atoms. The van der Waals surface area contributed by atoms with Crippen LogP contribution in [-0.4, -0.2) is 93.4 Å². The fourth-order valence-electron chi connectivity index (χ4n) is 10.8. The van der Waals surface area contributed by atoms with Crippen LogP contribution in [-0.2, 0) is 26.1 Å². The van der Waals surface area contributed by atoms with E-state index in [1.165, 1.54) is 24.8 Å². The number of sulfonamides is 1. The van der Waals surface area contributed by atoms with E-state index in [0.29, 0.717) is 31.2 Å². The van der Waals surface area contributed by atoms with Crippen molar-refractivity contribution in [1.82, 2.24) is 19.1 Å². The number of nitrogens with one attached hydrogen (secondary N) is 1. The normalized spacial score (nSPS) is 30.4. The number of fused-ring (bicyclic) bond motifs is 7. The van der Waals surface area contributed by atoms with Gasteiger partial charge in [0.15, 0.2) is 0 Å². The molecule has 1 aromatic heterocycles. The number of aromatic nitrogens is 1. The van der Waals surface area contributed by atoms with E-state index in [0.717, 1.165) is 78.9 Å². The lowest BCUT2D eigenvalue weighted by atomic mass is 9.71. The first kappa shape index (κ1) is 32.5. The van der Waals surface area contributed by atoms with Gasteiger partial charge < -0.3 is 23.8 Å². The predicted molar refractivity (Wildman–Crippen MR) is 191 cm³/mol. The van der Waals surface area contributed by atoms with Crippen molar-refractivity contribution in [3.8, 4) is 17.0 Å². The lowest BCUT2D eigenvalue weighted by Crippen LogP contribution is -2.43. The molecular weight excluding hydrogens is 653 g/mol. The van der Waals surface area contributed by atoms with Crippen LogP contribution in [0.5, 0.6) is 5.75 Å². The minimum Gasteiger partial charge on any atom is -0.497 e. The Hall–Kier alpha value is -3.41. The van der Waals surface area contributed by atoms with Gasteiger partial charge in [0.05, 0.1) is 36.7 Å². The van der Waals surface area contributed by atoms with E-state index in [1.807, 2.05) is 18.2 Å². The number of carbonyl (C=O) groups excluding carboxylic acids is 2. The molecule has 0 radical (unpaired) electrons. The van der Waals surface area contributed by atoms with Crippen LogP contribution in [0, 0.1) is 16.2 Å². The average Bonchev–Trinajstić information content (AvgIpc) is 3.32. The zero-order valence-corrected chi connectivity index (χ0v) is 30.4. The number of benzene rings is 2. The van der Waals surface area contributed by atoms with Gasteiger partial charge in [0.1, 0.15) is 5.75 Å². The highest BCUT2D eigenvalue weighted by Crippen LogP contribution is 2.67. The smallest absolute Gasteiger partial charge is 0.264 e. The molecule has 3 aromatic rings. The zero-order chi connectivity index (χ0) is 34.8. The summed E-state index contributed by atoms with van der Waals surface area (Å²) in [5, 5.41) is 0.348. The summed E-state index contributed by atoms with van der Waals surface area (Å²) >= 11 is 0. The van der Waals surface area contributed by atoms with E-state index in [9.17, 15) is 13.2 Å². The highest BCUT2D eigenvalue weighted by Gasteiger charge is 2.70. The van der Waals surface area contributed by atoms with Crippen LogP contribution in [0.1, 0.15) is 85.7 Å². The second kappa shape index (κ2) is 11.0. The fourth-order valence-corrected chi connectivity index (χ4v) is 11.4. The van der Waals surface area contributed by atoms with Gasteiger partial charge in [0.25, 0.3) is 5.91 Å². The van der Waals surface area contributed by atoms with Gasteiger partial charge in [0.2, 0.25) is 15.9 Å². The van der Waals surface area contributed by atoms with Gasteiger partial charge in [-0.05, 0) is 87.5 Å². The molecule has 2 amide bonds. The highest BCUT2D eigenvalue weighted by molar-refractivity contribution is 7.90. The van der Waals surface area contributed by atoms with Gasteiger partial charge in [0, 0.05) is 71.5 Å². The topological polar surface area (TPSA) is 110 Å². The van der Waals surface area contributed by atoms with E-state index < -0.39 is 26.6 Å². The van der Waals surface area contributed by atoms with Crippen LogP contribution in [0.3, 0.4) is 0 Å². The van der Waals surface area contributed by atoms with Crippen molar-refractivity contribution < 1.29 is 27.5 Å². The molecule has 266 valence electrons. The highest BCUT2D eigenvalue weighted by atomic mass is 32.2. The summed E-state index contributed by atoms with van der Waals surface area (Å²) in [6, 6.07) is 12.0. The Morgan fingerprint density at radius 1 is 0.960 bits per heavy atom. The Bertz CT molecular complexity index is 2030. The second-order valence-corrected chi connectivity index (χ2v) is 18.9. The molecule has 5 fully saturated rings. The molecule has 4 atom stereocenters. The summed E-state index contributed by atoms with van der Waals surface area (Å²) in [6.07, 6.45) is 6.50. The first-order valence-corrected chi connectivity index (χ1v) is 19.9. The fraction of sp³-hybridized carbons (Fsp3) is 0.590. The molecular formula is C39H48N4O6S. The largest absolute Gasteiger partial charge is 0.497 e. The first-order chi connectivity index (χ1) is 23.9. The Balaban J connectivity index is 1.20. The molecule has 2 aliphatic carbocycles. The molecule has 50 heavy (non-hydrogen) atoms. The van der Waals surface area contributed by atoms with Crippen LogP contribution < -0.4 is 9.46 Å². The number of hydrogen-bond donors (Lipinski definition) is 1. The van der Waals surface area contributed by atoms with Gasteiger partial charge >= 0.3 is 0 Å². The van der Waals surface area contributed by atoms with E-state index >= 15 is 4.79 Å². The SMILES string of the molecule is COc1ccc2c(c1)[C@@H]1CC1(C(=O)N1CC34COCC3(CN(C)C4)C1)Cn1c-2c(C2CCCCC2)c2ccc(C(=O)NS(=O)(=O)C(C)C)cc21. The van der Waals surface area contributed by atoms with E-state index in [2.05, 4.69) is 38.3 Å². The van der Waals surface area contributed by atoms with Crippen molar-refractivity contribution in [2.75, 3.05) is 53.6 Å². The molecule has 3 unspecified atom stereocenters. The van der Waals surface area contributed by atoms with Crippen LogP contribution in [0.25, 0.3) is 22.2 Å². The van der Waals surface area contributed by atoms with Crippen molar-refractivity contribution in [3.63, 3.8) is 0 Å². The Kier molecular flexibility index (Phi) is 7.18. The second-order valence-electron chi connectivity index (χ2n) is 16.7. The van der Waals surface area contributed by atoms with Gasteiger partial charge in [-0.25, -0.2) is 13.1 Å². The first-order valence-electron chi connectivity index (χ1n) is 18.4. The van der Waals surface area contributed by atoms with Crippen LogP contribution in [0.15, 0.2) is 36.4 Å². The molecule has 10 nitrogen and oxygen atoms in total. The monoisotopic (exact) mass is 700 g/mol. The van der Waals surface area contributed by atoms with Gasteiger partial charge in [-0.3, -0.25) is 9.59 Å². The van der Waals surface area contributed by atoms with E-state index in [1.54, 1.807) is 27.0 Å². The van der Waals surface area contributed by atoms with Crippen LogP contribution in [0.2, 0.25) is 0 Å².